The number of pyridine rings is 1. The molecule has 2 N–H and O–H groups in total. The maximum Gasteiger partial charge on any atom is 0.325 e. The van der Waals surface area contributed by atoms with E-state index in [0.717, 1.165) is 0 Å². The first kappa shape index (κ1) is 11.5. The van der Waals surface area contributed by atoms with Crippen molar-refractivity contribution >= 4 is 23.5 Å². The van der Waals surface area contributed by atoms with E-state index in [1.165, 1.54) is 25.3 Å². The summed E-state index contributed by atoms with van der Waals surface area (Å²) in [5, 5.41) is 11.1. The van der Waals surface area contributed by atoms with E-state index in [-0.39, 0.29) is 10.7 Å². The minimum atomic E-state index is -1.09. The number of aliphatic carboxylic acids is 1. The number of nitrogens with zero attached hydrogens (tertiary/aromatic N) is 1. The number of carbonyl (C=O) groups is 2. The van der Waals surface area contributed by atoms with Crippen molar-refractivity contribution in [1.29, 1.82) is 0 Å². The number of hydrogen-bond donors (Lipinski definition) is 2. The molecular weight excluding hydrogens is 220 g/mol. The van der Waals surface area contributed by atoms with E-state index in [4.69, 9.17) is 16.7 Å². The molecule has 0 radical (unpaired) electrons. The third-order valence-electron chi connectivity index (χ3n) is 1.71. The van der Waals surface area contributed by atoms with Gasteiger partial charge in [-0.2, -0.15) is 0 Å². The van der Waals surface area contributed by atoms with Crippen molar-refractivity contribution in [3.8, 4) is 0 Å². The van der Waals surface area contributed by atoms with Gasteiger partial charge in [0.05, 0.1) is 0 Å². The molecule has 1 aromatic heterocycles. The summed E-state index contributed by atoms with van der Waals surface area (Å²) in [7, 11) is 0. The molecule has 6 heteroatoms. The minimum absolute atomic E-state index is 0.186. The highest BCUT2D eigenvalue weighted by atomic mass is 35.5. The SMILES string of the molecule is C[C@@H](NC(=O)c1ccnc(Cl)c1)C(=O)O. The van der Waals surface area contributed by atoms with E-state index in [9.17, 15) is 9.59 Å². The molecular formula is C9H9ClN2O3. The summed E-state index contributed by atoms with van der Waals surface area (Å²) in [6.45, 7) is 1.38. The Bertz CT molecular complexity index is 395. The van der Waals surface area contributed by atoms with Crippen LogP contribution in [0.15, 0.2) is 18.3 Å². The van der Waals surface area contributed by atoms with Gasteiger partial charge in [-0.3, -0.25) is 9.59 Å². The lowest BCUT2D eigenvalue weighted by molar-refractivity contribution is -0.138. The molecule has 1 heterocycles. The summed E-state index contributed by atoms with van der Waals surface area (Å²) in [4.78, 5) is 25.6. The Morgan fingerprint density at radius 2 is 2.27 bits per heavy atom. The maximum atomic E-state index is 11.5. The van der Waals surface area contributed by atoms with E-state index < -0.39 is 17.9 Å². The predicted molar refractivity (Wildman–Crippen MR) is 53.8 cm³/mol. The molecule has 0 spiro atoms. The van der Waals surface area contributed by atoms with Crippen LogP contribution < -0.4 is 5.32 Å². The van der Waals surface area contributed by atoms with Crippen LogP contribution in [-0.4, -0.2) is 28.0 Å². The molecule has 0 saturated heterocycles. The van der Waals surface area contributed by atoms with E-state index in [2.05, 4.69) is 10.3 Å². The average Bonchev–Trinajstić information content (AvgIpc) is 2.17. The zero-order valence-electron chi connectivity index (χ0n) is 7.90. The van der Waals surface area contributed by atoms with E-state index in [1.807, 2.05) is 0 Å². The molecule has 15 heavy (non-hydrogen) atoms. The Balaban J connectivity index is 2.73. The Labute approximate surface area is 91.1 Å². The van der Waals surface area contributed by atoms with Gasteiger partial charge in [0, 0.05) is 11.8 Å². The Morgan fingerprint density at radius 3 is 2.80 bits per heavy atom. The number of carboxylic acid groups (broad SMARTS) is 1. The van der Waals surface area contributed by atoms with Crippen LogP contribution in [0.5, 0.6) is 0 Å². The fourth-order valence-electron chi connectivity index (χ4n) is 0.885. The quantitative estimate of drug-likeness (QED) is 0.755. The monoisotopic (exact) mass is 228 g/mol. The molecule has 0 aromatic carbocycles. The van der Waals surface area contributed by atoms with Crippen molar-refractivity contribution in [2.24, 2.45) is 0 Å². The number of carboxylic acids is 1. The smallest absolute Gasteiger partial charge is 0.325 e. The molecule has 1 atom stereocenters. The lowest BCUT2D eigenvalue weighted by atomic mass is 10.2. The Kier molecular flexibility index (Phi) is 3.62. The van der Waals surface area contributed by atoms with Gasteiger partial charge in [0.25, 0.3) is 5.91 Å². The van der Waals surface area contributed by atoms with Gasteiger partial charge in [0.15, 0.2) is 0 Å². The van der Waals surface area contributed by atoms with Crippen LogP contribution in [0.25, 0.3) is 0 Å². The summed E-state index contributed by atoms with van der Waals surface area (Å²) < 4.78 is 0. The third-order valence-corrected chi connectivity index (χ3v) is 1.91. The van der Waals surface area contributed by atoms with E-state index in [0.29, 0.717) is 0 Å². The number of halogens is 1. The highest BCUT2D eigenvalue weighted by Gasteiger charge is 2.15. The molecule has 1 amide bonds. The van der Waals surface area contributed by atoms with Gasteiger partial charge in [-0.15, -0.1) is 0 Å². The first-order valence-corrected chi connectivity index (χ1v) is 4.53. The van der Waals surface area contributed by atoms with Crippen LogP contribution in [0.2, 0.25) is 5.15 Å². The molecule has 1 aromatic rings. The Morgan fingerprint density at radius 1 is 1.60 bits per heavy atom. The zero-order valence-corrected chi connectivity index (χ0v) is 8.65. The summed E-state index contributed by atoms with van der Waals surface area (Å²) in [5.41, 5.74) is 0.281. The van der Waals surface area contributed by atoms with Gasteiger partial charge in [-0.05, 0) is 19.1 Å². The second kappa shape index (κ2) is 4.75. The molecule has 0 unspecified atom stereocenters. The van der Waals surface area contributed by atoms with Crippen LogP contribution >= 0.6 is 11.6 Å². The van der Waals surface area contributed by atoms with Crippen LogP contribution in [-0.2, 0) is 4.79 Å². The lowest BCUT2D eigenvalue weighted by Crippen LogP contribution is -2.38. The highest BCUT2D eigenvalue weighted by molar-refractivity contribution is 6.29. The largest absolute Gasteiger partial charge is 0.480 e. The number of hydrogen-bond acceptors (Lipinski definition) is 3. The standard InChI is InChI=1S/C9H9ClN2O3/c1-5(9(14)15)12-8(13)6-2-3-11-7(10)4-6/h2-5H,1H3,(H,12,13)(H,14,15)/t5-/m1/s1. The van der Waals surface area contributed by atoms with E-state index >= 15 is 0 Å². The topological polar surface area (TPSA) is 79.3 Å². The van der Waals surface area contributed by atoms with Crippen molar-refractivity contribution in [3.63, 3.8) is 0 Å². The fourth-order valence-corrected chi connectivity index (χ4v) is 1.06. The zero-order chi connectivity index (χ0) is 11.4. The lowest BCUT2D eigenvalue weighted by Gasteiger charge is -2.08. The first-order chi connectivity index (χ1) is 7.00. The molecule has 5 nitrogen and oxygen atoms in total. The summed E-state index contributed by atoms with van der Waals surface area (Å²) in [6, 6.07) is 1.88. The third kappa shape index (κ3) is 3.21. The van der Waals surface area contributed by atoms with Gasteiger partial charge < -0.3 is 10.4 Å². The molecule has 1 rings (SSSR count). The van der Waals surface area contributed by atoms with Gasteiger partial charge in [-0.1, -0.05) is 11.6 Å². The van der Waals surface area contributed by atoms with Gasteiger partial charge in [0.1, 0.15) is 11.2 Å². The van der Waals surface area contributed by atoms with Crippen LogP contribution in [0.3, 0.4) is 0 Å². The van der Waals surface area contributed by atoms with Crippen LogP contribution in [0, 0.1) is 0 Å². The number of aromatic nitrogens is 1. The van der Waals surface area contributed by atoms with Crippen molar-refractivity contribution in [3.05, 3.63) is 29.0 Å². The Hall–Kier alpha value is -1.62. The summed E-state index contributed by atoms with van der Waals surface area (Å²) >= 11 is 5.58. The average molecular weight is 229 g/mol. The molecule has 0 aliphatic heterocycles. The number of nitrogens with one attached hydrogen (secondary N) is 1. The van der Waals surface area contributed by atoms with Crippen molar-refractivity contribution in [1.82, 2.24) is 10.3 Å². The fraction of sp³-hybridized carbons (Fsp3) is 0.222. The predicted octanol–water partition coefficient (Wildman–Crippen LogP) is 0.938. The van der Waals surface area contributed by atoms with Crippen molar-refractivity contribution in [2.75, 3.05) is 0 Å². The molecule has 80 valence electrons. The van der Waals surface area contributed by atoms with Gasteiger partial charge in [0.2, 0.25) is 0 Å². The second-order valence-corrected chi connectivity index (χ2v) is 3.29. The number of amides is 1. The summed E-state index contributed by atoms with van der Waals surface area (Å²) in [6.07, 6.45) is 1.38. The molecule has 0 aliphatic rings. The molecule has 0 aliphatic carbocycles. The number of rotatable bonds is 3. The maximum absolute atomic E-state index is 11.5. The van der Waals surface area contributed by atoms with Crippen molar-refractivity contribution < 1.29 is 14.7 Å². The highest BCUT2D eigenvalue weighted by Crippen LogP contribution is 2.06. The second-order valence-electron chi connectivity index (χ2n) is 2.90. The van der Waals surface area contributed by atoms with Crippen molar-refractivity contribution in [2.45, 2.75) is 13.0 Å². The minimum Gasteiger partial charge on any atom is -0.480 e. The molecule has 0 bridgehead atoms. The van der Waals surface area contributed by atoms with E-state index in [1.54, 1.807) is 0 Å². The van der Waals surface area contributed by atoms with Gasteiger partial charge >= 0.3 is 5.97 Å². The molecule has 0 fully saturated rings. The first-order valence-electron chi connectivity index (χ1n) is 4.16. The van der Waals surface area contributed by atoms with Crippen LogP contribution in [0.1, 0.15) is 17.3 Å². The summed E-state index contributed by atoms with van der Waals surface area (Å²) in [5.74, 6) is -1.59. The van der Waals surface area contributed by atoms with Crippen LogP contribution in [0.4, 0.5) is 0 Å². The number of carbonyl (C=O) groups excluding carboxylic acids is 1. The normalized spacial score (nSPS) is 11.9. The van der Waals surface area contributed by atoms with Gasteiger partial charge in [-0.25, -0.2) is 4.98 Å². The molecule has 0 saturated carbocycles.